The molecule has 2 aliphatic rings. The molecule has 3 nitrogen and oxygen atoms in total. The van der Waals surface area contributed by atoms with Gasteiger partial charge in [0.2, 0.25) is 0 Å². The maximum atomic E-state index is 12.8. The van der Waals surface area contributed by atoms with Crippen LogP contribution in [0.15, 0.2) is 24.3 Å². The zero-order valence-corrected chi connectivity index (χ0v) is 11.0. The summed E-state index contributed by atoms with van der Waals surface area (Å²) in [4.78, 5) is 0. The second-order valence-corrected chi connectivity index (χ2v) is 5.39. The van der Waals surface area contributed by atoms with Crippen LogP contribution < -0.4 is 5.32 Å². The zero-order valence-electron chi connectivity index (χ0n) is 11.0. The molecule has 104 valence electrons. The second-order valence-electron chi connectivity index (χ2n) is 5.39. The third kappa shape index (κ3) is 3.14. The summed E-state index contributed by atoms with van der Waals surface area (Å²) < 4.78 is 24.2. The highest BCUT2D eigenvalue weighted by Gasteiger charge is 2.40. The topological polar surface area (TPSA) is 30.5 Å². The van der Waals surface area contributed by atoms with Crippen molar-refractivity contribution in [3.05, 3.63) is 35.6 Å². The average Bonchev–Trinajstić information content (AvgIpc) is 2.89. The molecule has 0 unspecified atom stereocenters. The maximum absolute atomic E-state index is 12.8. The van der Waals surface area contributed by atoms with Crippen molar-refractivity contribution in [1.82, 2.24) is 5.32 Å². The minimum Gasteiger partial charge on any atom is -0.348 e. The Morgan fingerprint density at radius 2 is 1.74 bits per heavy atom. The van der Waals surface area contributed by atoms with Gasteiger partial charge in [-0.25, -0.2) is 4.39 Å². The van der Waals surface area contributed by atoms with Gasteiger partial charge in [0.25, 0.3) is 0 Å². The third-order valence-electron chi connectivity index (χ3n) is 4.07. The Bertz CT molecular complexity index is 405. The molecule has 19 heavy (non-hydrogen) atoms. The summed E-state index contributed by atoms with van der Waals surface area (Å²) in [6.07, 6.45) is 4.07. The first-order chi connectivity index (χ1) is 9.26. The van der Waals surface area contributed by atoms with Gasteiger partial charge in [-0.05, 0) is 30.5 Å². The lowest BCUT2D eigenvalue weighted by molar-refractivity contribution is -0.179. The summed E-state index contributed by atoms with van der Waals surface area (Å²) in [6, 6.07) is 7.18. The van der Waals surface area contributed by atoms with E-state index in [0.29, 0.717) is 6.04 Å². The Labute approximate surface area is 113 Å². The quantitative estimate of drug-likeness (QED) is 0.911. The molecule has 0 bridgehead atoms. The predicted octanol–water partition coefficient (Wildman–Crippen LogP) is 2.60. The van der Waals surface area contributed by atoms with Gasteiger partial charge >= 0.3 is 0 Å². The van der Waals surface area contributed by atoms with E-state index in [2.05, 4.69) is 5.32 Å². The summed E-state index contributed by atoms with van der Waals surface area (Å²) >= 11 is 0. The van der Waals surface area contributed by atoms with Crippen molar-refractivity contribution in [2.24, 2.45) is 0 Å². The van der Waals surface area contributed by atoms with E-state index in [4.69, 9.17) is 9.47 Å². The molecule has 0 aromatic heterocycles. The number of benzene rings is 1. The van der Waals surface area contributed by atoms with Crippen LogP contribution in [0.3, 0.4) is 0 Å². The lowest BCUT2D eigenvalue weighted by atomic mass is 9.90. The summed E-state index contributed by atoms with van der Waals surface area (Å²) in [5, 5.41) is 3.53. The molecular formula is C15H20FNO2. The smallest absolute Gasteiger partial charge is 0.168 e. The molecule has 0 amide bonds. The normalized spacial score (nSPS) is 23.0. The van der Waals surface area contributed by atoms with Gasteiger partial charge in [-0.15, -0.1) is 0 Å². The molecule has 4 heteroatoms. The molecule has 1 aromatic rings. The van der Waals surface area contributed by atoms with Gasteiger partial charge in [-0.1, -0.05) is 12.1 Å². The van der Waals surface area contributed by atoms with Gasteiger partial charge < -0.3 is 14.8 Å². The first-order valence-electron chi connectivity index (χ1n) is 7.02. The first-order valence-corrected chi connectivity index (χ1v) is 7.02. The van der Waals surface area contributed by atoms with Crippen LogP contribution in [-0.2, 0) is 16.0 Å². The number of rotatable bonds is 3. The highest BCUT2D eigenvalue weighted by Crippen LogP contribution is 2.35. The van der Waals surface area contributed by atoms with E-state index in [1.807, 2.05) is 12.1 Å². The molecule has 1 saturated carbocycles. The van der Waals surface area contributed by atoms with Crippen LogP contribution in [0.2, 0.25) is 0 Å². The van der Waals surface area contributed by atoms with Gasteiger partial charge in [0.15, 0.2) is 5.79 Å². The van der Waals surface area contributed by atoms with Crippen molar-refractivity contribution in [2.45, 2.75) is 44.1 Å². The standard InChI is InChI=1S/C15H20FNO2/c16-13-3-1-12(2-4-13)11-17-14-5-7-15(8-6-14)18-9-10-19-15/h1-4,14,17H,5-11H2. The Morgan fingerprint density at radius 1 is 1.11 bits per heavy atom. The number of nitrogens with one attached hydrogen (secondary N) is 1. The van der Waals surface area contributed by atoms with E-state index in [-0.39, 0.29) is 11.6 Å². The van der Waals surface area contributed by atoms with E-state index in [1.54, 1.807) is 0 Å². The lowest BCUT2D eigenvalue weighted by Crippen LogP contribution is -2.41. The third-order valence-corrected chi connectivity index (χ3v) is 4.07. The number of ether oxygens (including phenoxy) is 2. The highest BCUT2D eigenvalue weighted by molar-refractivity contribution is 5.15. The maximum Gasteiger partial charge on any atom is 0.168 e. The molecule has 2 fully saturated rings. The number of halogens is 1. The second kappa shape index (κ2) is 5.57. The fourth-order valence-corrected chi connectivity index (χ4v) is 2.91. The molecule has 0 radical (unpaired) electrons. The zero-order chi connectivity index (χ0) is 13.1. The van der Waals surface area contributed by atoms with E-state index in [0.717, 1.165) is 51.0 Å². The Kier molecular flexibility index (Phi) is 3.82. The Balaban J connectivity index is 1.46. The fraction of sp³-hybridized carbons (Fsp3) is 0.600. The van der Waals surface area contributed by atoms with E-state index < -0.39 is 0 Å². The van der Waals surface area contributed by atoms with E-state index >= 15 is 0 Å². The summed E-state index contributed by atoms with van der Waals surface area (Å²) in [5.74, 6) is -0.465. The molecule has 1 aromatic carbocycles. The Morgan fingerprint density at radius 3 is 2.37 bits per heavy atom. The SMILES string of the molecule is Fc1ccc(CNC2CCC3(CC2)OCCO3)cc1. The van der Waals surface area contributed by atoms with Crippen LogP contribution in [-0.4, -0.2) is 25.0 Å². The lowest BCUT2D eigenvalue weighted by Gasteiger charge is -2.35. The van der Waals surface area contributed by atoms with Crippen molar-refractivity contribution in [3.8, 4) is 0 Å². The van der Waals surface area contributed by atoms with Gasteiger partial charge in [-0.2, -0.15) is 0 Å². The number of hydrogen-bond donors (Lipinski definition) is 1. The molecular weight excluding hydrogens is 245 g/mol. The summed E-state index contributed by atoms with van der Waals surface area (Å²) in [7, 11) is 0. The van der Waals surface area contributed by atoms with Crippen LogP contribution in [0.1, 0.15) is 31.2 Å². The first kappa shape index (κ1) is 13.0. The molecule has 3 rings (SSSR count). The van der Waals surface area contributed by atoms with Crippen LogP contribution in [0, 0.1) is 5.82 Å². The van der Waals surface area contributed by atoms with E-state index in [9.17, 15) is 4.39 Å². The minimum absolute atomic E-state index is 0.182. The van der Waals surface area contributed by atoms with Crippen molar-refractivity contribution in [2.75, 3.05) is 13.2 Å². The van der Waals surface area contributed by atoms with Crippen molar-refractivity contribution >= 4 is 0 Å². The molecule has 1 aliphatic carbocycles. The van der Waals surface area contributed by atoms with Gasteiger partial charge in [-0.3, -0.25) is 0 Å². The molecule has 0 atom stereocenters. The monoisotopic (exact) mass is 265 g/mol. The Hall–Kier alpha value is -0.970. The van der Waals surface area contributed by atoms with Gasteiger partial charge in [0.1, 0.15) is 5.82 Å². The largest absolute Gasteiger partial charge is 0.348 e. The fourth-order valence-electron chi connectivity index (χ4n) is 2.91. The molecule has 1 N–H and O–H groups in total. The van der Waals surface area contributed by atoms with Gasteiger partial charge in [0.05, 0.1) is 13.2 Å². The molecule has 1 saturated heterocycles. The van der Waals surface area contributed by atoms with Crippen molar-refractivity contribution in [3.63, 3.8) is 0 Å². The van der Waals surface area contributed by atoms with Crippen LogP contribution in [0.4, 0.5) is 4.39 Å². The summed E-state index contributed by atoms with van der Waals surface area (Å²) in [5.41, 5.74) is 1.12. The van der Waals surface area contributed by atoms with Crippen LogP contribution in [0.25, 0.3) is 0 Å². The molecule has 1 aliphatic heterocycles. The van der Waals surface area contributed by atoms with Gasteiger partial charge in [0, 0.05) is 25.4 Å². The molecule has 1 heterocycles. The molecule has 1 spiro atoms. The van der Waals surface area contributed by atoms with Crippen molar-refractivity contribution < 1.29 is 13.9 Å². The predicted molar refractivity (Wildman–Crippen MR) is 70.1 cm³/mol. The van der Waals surface area contributed by atoms with Crippen molar-refractivity contribution in [1.29, 1.82) is 0 Å². The highest BCUT2D eigenvalue weighted by atomic mass is 19.1. The van der Waals surface area contributed by atoms with Crippen LogP contribution >= 0.6 is 0 Å². The number of hydrogen-bond acceptors (Lipinski definition) is 3. The minimum atomic E-state index is -0.284. The summed E-state index contributed by atoms with van der Waals surface area (Å²) in [6.45, 7) is 2.25. The average molecular weight is 265 g/mol. The van der Waals surface area contributed by atoms with E-state index in [1.165, 1.54) is 12.1 Å². The van der Waals surface area contributed by atoms with Crippen LogP contribution in [0.5, 0.6) is 0 Å².